The summed E-state index contributed by atoms with van der Waals surface area (Å²) in [5, 5.41) is 3.44. The molecule has 68 valence electrons. The zero-order valence-corrected chi connectivity index (χ0v) is 11.2. The van der Waals surface area contributed by atoms with E-state index in [9.17, 15) is 0 Å². The lowest BCUT2D eigenvalue weighted by molar-refractivity contribution is 1.32. The van der Waals surface area contributed by atoms with Crippen LogP contribution in [0.25, 0.3) is 10.1 Å². The van der Waals surface area contributed by atoms with E-state index < -0.39 is 0 Å². The van der Waals surface area contributed by atoms with Gasteiger partial charge in [-0.2, -0.15) is 0 Å². The topological polar surface area (TPSA) is 0 Å². The lowest BCUT2D eigenvalue weighted by atomic mass is 10.2. The van der Waals surface area contributed by atoms with Crippen molar-refractivity contribution in [2.75, 3.05) is 0 Å². The second kappa shape index (κ2) is 3.96. The van der Waals surface area contributed by atoms with E-state index in [0.29, 0.717) is 5.88 Å². The van der Waals surface area contributed by atoms with Crippen molar-refractivity contribution in [3.63, 3.8) is 0 Å². The number of hydrogen-bond donors (Lipinski definition) is 1. The highest BCUT2D eigenvalue weighted by Gasteiger charge is 2.08. The van der Waals surface area contributed by atoms with Gasteiger partial charge in [-0.1, -0.05) is 6.07 Å². The molecule has 1 aromatic heterocycles. The lowest BCUT2D eigenvalue weighted by Crippen LogP contribution is -1.81. The van der Waals surface area contributed by atoms with Crippen LogP contribution in [-0.4, -0.2) is 0 Å². The Hall–Kier alpha value is 0.550. The van der Waals surface area contributed by atoms with Crippen molar-refractivity contribution in [3.8, 4) is 0 Å². The van der Waals surface area contributed by atoms with Crippen molar-refractivity contribution in [1.29, 1.82) is 0 Å². The molecule has 0 aliphatic carbocycles. The van der Waals surface area contributed by atoms with E-state index in [1.165, 1.54) is 13.7 Å². The summed E-state index contributed by atoms with van der Waals surface area (Å²) in [7, 11) is 0. The van der Waals surface area contributed by atoms with Gasteiger partial charge < -0.3 is 0 Å². The summed E-state index contributed by atoms with van der Waals surface area (Å²) in [4.78, 5) is 0.987. The molecule has 2 rings (SSSR count). The number of rotatable bonds is 1. The molecule has 0 radical (unpaired) electrons. The minimum Gasteiger partial charge on any atom is -0.143 e. The first kappa shape index (κ1) is 10.1. The monoisotopic (exact) mass is 340 g/mol. The Labute approximate surface area is 105 Å². The molecule has 0 amide bonds. The quantitative estimate of drug-likeness (QED) is 0.440. The van der Waals surface area contributed by atoms with Crippen molar-refractivity contribution < 1.29 is 0 Å². The number of hydrogen-bond acceptors (Lipinski definition) is 2. The normalized spacial score (nSPS) is 11.0. The highest BCUT2D eigenvalue weighted by atomic mass is 127. The summed E-state index contributed by atoms with van der Waals surface area (Å²) in [6, 6.07) is 4.12. The molecule has 4 heteroatoms. The number of thiophene rings is 1. The van der Waals surface area contributed by atoms with E-state index in [1.807, 2.05) is 6.07 Å². The highest BCUT2D eigenvalue weighted by molar-refractivity contribution is 14.1. The van der Waals surface area contributed by atoms with Gasteiger partial charge in [0.05, 0.1) is 0 Å². The maximum absolute atomic E-state index is 5.88. The van der Waals surface area contributed by atoms with Crippen LogP contribution in [0.15, 0.2) is 22.4 Å². The fraction of sp³-hybridized carbons (Fsp3) is 0.111. The van der Waals surface area contributed by atoms with Gasteiger partial charge in [0.15, 0.2) is 0 Å². The molecule has 0 saturated carbocycles. The average molecular weight is 341 g/mol. The van der Waals surface area contributed by atoms with Gasteiger partial charge in [0.25, 0.3) is 0 Å². The Kier molecular flexibility index (Phi) is 3.07. The Morgan fingerprint density at radius 2 is 2.23 bits per heavy atom. The Morgan fingerprint density at radius 1 is 1.46 bits per heavy atom. The third-order valence-electron chi connectivity index (χ3n) is 1.91. The fourth-order valence-electron chi connectivity index (χ4n) is 1.24. The van der Waals surface area contributed by atoms with Gasteiger partial charge in [-0.05, 0) is 34.2 Å². The molecular formula is C9H6ClIS2. The SMILES string of the molecule is Sc1ccc2c(I)csc2c1CCl. The first-order chi connectivity index (χ1) is 6.24. The third-order valence-corrected chi connectivity index (χ3v) is 4.96. The standard InChI is InChI=1S/C9H6ClIS2/c10-3-6-8(12)2-1-5-7(11)4-13-9(5)6/h1-2,4,12H,3H2. The van der Waals surface area contributed by atoms with Crippen LogP contribution < -0.4 is 0 Å². The van der Waals surface area contributed by atoms with Gasteiger partial charge in [0.2, 0.25) is 0 Å². The van der Waals surface area contributed by atoms with E-state index in [4.69, 9.17) is 11.6 Å². The molecule has 0 atom stereocenters. The summed E-state index contributed by atoms with van der Waals surface area (Å²) >= 11 is 14.3. The van der Waals surface area contributed by atoms with E-state index in [-0.39, 0.29) is 0 Å². The number of fused-ring (bicyclic) bond motifs is 1. The molecular weight excluding hydrogens is 335 g/mol. The van der Waals surface area contributed by atoms with Crippen molar-refractivity contribution in [3.05, 3.63) is 26.6 Å². The van der Waals surface area contributed by atoms with Crippen molar-refractivity contribution in [2.45, 2.75) is 10.8 Å². The molecule has 1 aromatic carbocycles. The summed E-state index contributed by atoms with van der Waals surface area (Å²) in [6.45, 7) is 0. The number of alkyl halides is 1. The number of thiol groups is 1. The van der Waals surface area contributed by atoms with Crippen LogP contribution in [0.5, 0.6) is 0 Å². The zero-order chi connectivity index (χ0) is 9.42. The van der Waals surface area contributed by atoms with E-state index in [1.54, 1.807) is 11.3 Å². The molecule has 0 saturated heterocycles. The molecule has 1 heterocycles. The highest BCUT2D eigenvalue weighted by Crippen LogP contribution is 2.34. The van der Waals surface area contributed by atoms with Crippen LogP contribution >= 0.6 is 58.2 Å². The third kappa shape index (κ3) is 1.71. The van der Waals surface area contributed by atoms with Gasteiger partial charge in [-0.25, -0.2) is 0 Å². The molecule has 0 bridgehead atoms. The number of halogens is 2. The van der Waals surface area contributed by atoms with E-state index >= 15 is 0 Å². The largest absolute Gasteiger partial charge is 0.143 e. The summed E-state index contributed by atoms with van der Waals surface area (Å²) < 4.78 is 2.56. The van der Waals surface area contributed by atoms with Crippen molar-refractivity contribution in [2.24, 2.45) is 0 Å². The molecule has 0 aliphatic heterocycles. The summed E-state index contributed by atoms with van der Waals surface area (Å²) in [5.41, 5.74) is 1.15. The molecule has 2 aromatic rings. The second-order valence-electron chi connectivity index (χ2n) is 2.66. The number of benzene rings is 1. The Bertz CT molecular complexity index is 450. The first-order valence-electron chi connectivity index (χ1n) is 3.67. The zero-order valence-electron chi connectivity index (χ0n) is 6.55. The predicted octanol–water partition coefficient (Wildman–Crippen LogP) is 4.53. The van der Waals surface area contributed by atoms with Crippen LogP contribution in [-0.2, 0) is 5.88 Å². The maximum Gasteiger partial charge on any atom is 0.0499 e. The minimum atomic E-state index is 0.534. The smallest absolute Gasteiger partial charge is 0.0499 e. The average Bonchev–Trinajstić information content (AvgIpc) is 2.48. The van der Waals surface area contributed by atoms with Crippen LogP contribution in [0, 0.1) is 3.57 Å². The fourth-order valence-corrected chi connectivity index (χ4v) is 4.03. The van der Waals surface area contributed by atoms with E-state index in [2.05, 4.69) is 46.7 Å². The van der Waals surface area contributed by atoms with Crippen LogP contribution in [0.2, 0.25) is 0 Å². The predicted molar refractivity (Wildman–Crippen MR) is 71.4 cm³/mol. The Balaban J connectivity index is 2.85. The molecule has 0 unspecified atom stereocenters. The second-order valence-corrected chi connectivity index (χ2v) is 5.45. The lowest BCUT2D eigenvalue weighted by Gasteiger charge is -2.01. The van der Waals surface area contributed by atoms with Gasteiger partial charge in [0.1, 0.15) is 0 Å². The van der Waals surface area contributed by atoms with Gasteiger partial charge in [-0.3, -0.25) is 0 Å². The van der Waals surface area contributed by atoms with Crippen molar-refractivity contribution in [1.82, 2.24) is 0 Å². The van der Waals surface area contributed by atoms with Gasteiger partial charge in [0, 0.05) is 29.8 Å². The first-order valence-corrected chi connectivity index (χ1v) is 6.61. The Morgan fingerprint density at radius 3 is 2.92 bits per heavy atom. The molecule has 0 nitrogen and oxygen atoms in total. The molecule has 0 aliphatic rings. The van der Waals surface area contributed by atoms with Crippen LogP contribution in [0.1, 0.15) is 5.56 Å². The summed E-state index contributed by atoms with van der Waals surface area (Å²) in [6.07, 6.45) is 0. The molecule has 0 fully saturated rings. The van der Waals surface area contributed by atoms with Crippen LogP contribution in [0.3, 0.4) is 0 Å². The molecule has 0 spiro atoms. The van der Waals surface area contributed by atoms with Crippen molar-refractivity contribution >= 4 is 68.2 Å². The van der Waals surface area contributed by atoms with Gasteiger partial charge in [-0.15, -0.1) is 35.6 Å². The molecule has 13 heavy (non-hydrogen) atoms. The maximum atomic E-state index is 5.88. The minimum absolute atomic E-state index is 0.534. The molecule has 0 N–H and O–H groups in total. The summed E-state index contributed by atoms with van der Waals surface area (Å²) in [5.74, 6) is 0.534. The van der Waals surface area contributed by atoms with E-state index in [0.717, 1.165) is 10.5 Å². The van der Waals surface area contributed by atoms with Gasteiger partial charge >= 0.3 is 0 Å². The van der Waals surface area contributed by atoms with Crippen LogP contribution in [0.4, 0.5) is 0 Å².